The summed E-state index contributed by atoms with van der Waals surface area (Å²) in [5.41, 5.74) is 0.422. The molecule has 0 aliphatic rings. The molecule has 0 unspecified atom stereocenters. The fraction of sp³-hybridized carbons (Fsp3) is 0.222. The summed E-state index contributed by atoms with van der Waals surface area (Å²) >= 11 is 5.57. The van der Waals surface area contributed by atoms with E-state index in [1.165, 1.54) is 12.1 Å². The highest BCUT2D eigenvalue weighted by molar-refractivity contribution is 6.31. The second-order valence-electron chi connectivity index (χ2n) is 2.31. The summed E-state index contributed by atoms with van der Waals surface area (Å²) in [6.45, 7) is 0. The van der Waals surface area contributed by atoms with Crippen LogP contribution in [0.1, 0.15) is 13.0 Å². The van der Waals surface area contributed by atoms with Crippen LogP contribution in [0.15, 0.2) is 18.2 Å². The number of carboxylic acids is 1. The van der Waals surface area contributed by atoms with E-state index in [-0.39, 0.29) is 18.9 Å². The molecule has 13 heavy (non-hydrogen) atoms. The number of halogens is 2. The fourth-order valence-corrected chi connectivity index (χ4v) is 1.06. The van der Waals surface area contributed by atoms with E-state index in [1.54, 1.807) is 0 Å². The Bertz CT molecular complexity index is 312. The largest absolute Gasteiger partial charge is 0.481 e. The smallest absolute Gasteiger partial charge is 0.307 e. The van der Waals surface area contributed by atoms with Gasteiger partial charge < -0.3 is 5.11 Å². The van der Waals surface area contributed by atoms with Gasteiger partial charge in [0.25, 0.3) is 0 Å². The van der Waals surface area contributed by atoms with Gasteiger partial charge in [0.15, 0.2) is 0 Å². The summed E-state index contributed by atoms with van der Waals surface area (Å²) in [5.74, 6) is -1.45. The third-order valence-corrected chi connectivity index (χ3v) is 1.71. The summed E-state index contributed by atoms with van der Waals surface area (Å²) < 4.78 is 12.5. The van der Waals surface area contributed by atoms with Crippen LogP contribution in [0.4, 0.5) is 4.39 Å². The molecule has 0 fully saturated rings. The highest BCUT2D eigenvalue weighted by atomic mass is 35.5. The Balaban J connectivity index is 0.00000144. The Morgan fingerprint density at radius 2 is 2.15 bits per heavy atom. The Kier molecular flexibility index (Phi) is 4.42. The second kappa shape index (κ2) is 4.82. The Hall–Kier alpha value is -1.09. The summed E-state index contributed by atoms with van der Waals surface area (Å²) in [6.07, 6.45) is -0.181. The number of rotatable bonds is 2. The van der Waals surface area contributed by atoms with Crippen LogP contribution in [-0.4, -0.2) is 11.1 Å². The van der Waals surface area contributed by atoms with Crippen LogP contribution in [0, 0.1) is 5.82 Å². The molecule has 0 saturated carbocycles. The molecule has 0 amide bonds. The molecule has 0 saturated heterocycles. The van der Waals surface area contributed by atoms with Crippen LogP contribution in [0.3, 0.4) is 0 Å². The van der Waals surface area contributed by atoms with E-state index < -0.39 is 11.8 Å². The predicted molar refractivity (Wildman–Crippen MR) is 49.5 cm³/mol. The van der Waals surface area contributed by atoms with Gasteiger partial charge in [0.2, 0.25) is 0 Å². The maximum atomic E-state index is 12.5. The highest BCUT2D eigenvalue weighted by Crippen LogP contribution is 2.17. The van der Waals surface area contributed by atoms with Crippen LogP contribution in [0.25, 0.3) is 0 Å². The maximum Gasteiger partial charge on any atom is 0.307 e. The molecule has 1 aromatic rings. The van der Waals surface area contributed by atoms with Gasteiger partial charge >= 0.3 is 5.97 Å². The van der Waals surface area contributed by atoms with Crippen LogP contribution < -0.4 is 0 Å². The second-order valence-corrected chi connectivity index (χ2v) is 2.71. The van der Waals surface area contributed by atoms with Crippen molar-refractivity contribution < 1.29 is 14.3 Å². The van der Waals surface area contributed by atoms with Gasteiger partial charge in [-0.15, -0.1) is 0 Å². The van der Waals surface area contributed by atoms with Gasteiger partial charge in [0, 0.05) is 5.02 Å². The summed E-state index contributed by atoms with van der Waals surface area (Å²) in [7, 11) is 0. The molecular weight excluding hydrogens is 195 g/mol. The minimum Gasteiger partial charge on any atom is -0.481 e. The van der Waals surface area contributed by atoms with E-state index >= 15 is 0 Å². The standard InChI is InChI=1S/C8H6ClFO2.CH4/c9-7-4-6(10)2-1-5(7)3-8(11)12;/h1-2,4H,3H2,(H,11,12);1H4. The molecule has 0 bridgehead atoms. The van der Waals surface area contributed by atoms with E-state index in [2.05, 4.69) is 0 Å². The van der Waals surface area contributed by atoms with Gasteiger partial charge in [0.05, 0.1) is 6.42 Å². The first kappa shape index (κ1) is 11.9. The van der Waals surface area contributed by atoms with Gasteiger partial charge in [-0.2, -0.15) is 0 Å². The van der Waals surface area contributed by atoms with Gasteiger partial charge in [-0.25, -0.2) is 4.39 Å². The van der Waals surface area contributed by atoms with Crippen LogP contribution in [0.5, 0.6) is 0 Å². The Labute approximate surface area is 81.0 Å². The zero-order chi connectivity index (χ0) is 9.14. The quantitative estimate of drug-likeness (QED) is 0.804. The number of hydrogen-bond acceptors (Lipinski definition) is 1. The lowest BCUT2D eigenvalue weighted by Crippen LogP contribution is -2.00. The number of benzene rings is 1. The highest BCUT2D eigenvalue weighted by Gasteiger charge is 2.05. The van der Waals surface area contributed by atoms with Gasteiger partial charge in [-0.3, -0.25) is 4.79 Å². The maximum absolute atomic E-state index is 12.5. The van der Waals surface area contributed by atoms with Crippen LogP contribution >= 0.6 is 11.6 Å². The van der Waals surface area contributed by atoms with Crippen molar-refractivity contribution in [3.8, 4) is 0 Å². The molecule has 0 aromatic heterocycles. The SMILES string of the molecule is C.O=C(O)Cc1ccc(F)cc1Cl. The number of carbonyl (C=O) groups is 1. The topological polar surface area (TPSA) is 37.3 Å². The van der Waals surface area contributed by atoms with Crippen molar-refractivity contribution in [1.29, 1.82) is 0 Å². The predicted octanol–water partition coefficient (Wildman–Crippen LogP) is 2.74. The molecule has 0 heterocycles. The first-order valence-electron chi connectivity index (χ1n) is 3.25. The molecule has 0 radical (unpaired) electrons. The van der Waals surface area contributed by atoms with Crippen molar-refractivity contribution in [3.05, 3.63) is 34.6 Å². The van der Waals surface area contributed by atoms with Crippen molar-refractivity contribution in [2.24, 2.45) is 0 Å². The first-order chi connectivity index (χ1) is 5.59. The molecular formula is C9H10ClFO2. The summed E-state index contributed by atoms with van der Waals surface area (Å²) in [5, 5.41) is 8.56. The number of carboxylic acid groups (broad SMARTS) is 1. The van der Waals surface area contributed by atoms with Crippen molar-refractivity contribution in [1.82, 2.24) is 0 Å². The summed E-state index contributed by atoms with van der Waals surface area (Å²) in [4.78, 5) is 10.3. The lowest BCUT2D eigenvalue weighted by Gasteiger charge is -1.99. The zero-order valence-electron chi connectivity index (χ0n) is 6.05. The monoisotopic (exact) mass is 204 g/mol. The van der Waals surface area contributed by atoms with Crippen molar-refractivity contribution in [2.75, 3.05) is 0 Å². The lowest BCUT2D eigenvalue weighted by atomic mass is 10.1. The average Bonchev–Trinajstić information content (AvgIpc) is 1.94. The van der Waals surface area contributed by atoms with E-state index in [4.69, 9.17) is 16.7 Å². The van der Waals surface area contributed by atoms with E-state index in [1.807, 2.05) is 0 Å². The fourth-order valence-electron chi connectivity index (χ4n) is 0.828. The minimum absolute atomic E-state index is 0. The molecule has 0 spiro atoms. The summed E-state index contributed by atoms with van der Waals surface area (Å²) in [6, 6.07) is 3.65. The van der Waals surface area contributed by atoms with Crippen LogP contribution in [0.2, 0.25) is 5.02 Å². The van der Waals surface area contributed by atoms with Crippen molar-refractivity contribution >= 4 is 17.6 Å². The van der Waals surface area contributed by atoms with Crippen LogP contribution in [-0.2, 0) is 11.2 Å². The molecule has 0 atom stereocenters. The number of hydrogen-bond donors (Lipinski definition) is 1. The van der Waals surface area contributed by atoms with Gasteiger partial charge in [-0.1, -0.05) is 25.1 Å². The van der Waals surface area contributed by atoms with E-state index in [0.717, 1.165) is 6.07 Å². The third kappa shape index (κ3) is 3.42. The molecule has 72 valence electrons. The lowest BCUT2D eigenvalue weighted by molar-refractivity contribution is -0.136. The minimum atomic E-state index is -0.983. The molecule has 1 N–H and O–H groups in total. The van der Waals surface area contributed by atoms with E-state index in [0.29, 0.717) is 5.56 Å². The molecule has 4 heteroatoms. The molecule has 0 aliphatic heterocycles. The van der Waals surface area contributed by atoms with E-state index in [9.17, 15) is 9.18 Å². The van der Waals surface area contributed by atoms with Gasteiger partial charge in [0.1, 0.15) is 5.82 Å². The zero-order valence-corrected chi connectivity index (χ0v) is 6.81. The molecule has 1 aromatic carbocycles. The number of aliphatic carboxylic acids is 1. The molecule has 1 rings (SSSR count). The van der Waals surface area contributed by atoms with Crippen molar-refractivity contribution in [3.63, 3.8) is 0 Å². The third-order valence-electron chi connectivity index (χ3n) is 1.36. The average molecular weight is 205 g/mol. The normalized spacial score (nSPS) is 9.08. The van der Waals surface area contributed by atoms with Crippen molar-refractivity contribution in [2.45, 2.75) is 13.8 Å². The Morgan fingerprint density at radius 1 is 1.54 bits per heavy atom. The first-order valence-corrected chi connectivity index (χ1v) is 3.63. The molecule has 2 nitrogen and oxygen atoms in total. The Morgan fingerprint density at radius 3 is 2.62 bits per heavy atom. The molecule has 0 aliphatic carbocycles. The van der Waals surface area contributed by atoms with Gasteiger partial charge in [-0.05, 0) is 17.7 Å².